The van der Waals surface area contributed by atoms with Gasteiger partial charge in [-0.25, -0.2) is 0 Å². The molecule has 0 spiro atoms. The number of aromatic nitrogens is 3. The van der Waals surface area contributed by atoms with E-state index in [1.807, 2.05) is 42.5 Å². The highest BCUT2D eigenvalue weighted by Gasteiger charge is 2.19. The first-order valence-corrected chi connectivity index (χ1v) is 12.9. The van der Waals surface area contributed by atoms with Crippen LogP contribution in [0.5, 0.6) is 5.75 Å². The van der Waals surface area contributed by atoms with E-state index in [1.54, 1.807) is 19.2 Å². The Morgan fingerprint density at radius 3 is 2.34 bits per heavy atom. The van der Waals surface area contributed by atoms with Gasteiger partial charge in [-0.15, -0.1) is 0 Å². The Morgan fingerprint density at radius 1 is 0.868 bits per heavy atom. The van der Waals surface area contributed by atoms with Gasteiger partial charge in [0.25, 0.3) is 5.91 Å². The lowest BCUT2D eigenvalue weighted by atomic mass is 9.93. The van der Waals surface area contributed by atoms with Crippen LogP contribution in [-0.2, 0) is 9.47 Å². The molecule has 0 bridgehead atoms. The van der Waals surface area contributed by atoms with E-state index in [0.717, 1.165) is 24.3 Å². The molecule has 0 atom stereocenters. The molecule has 1 aliphatic rings. The van der Waals surface area contributed by atoms with Crippen LogP contribution in [0.25, 0.3) is 0 Å². The van der Waals surface area contributed by atoms with Gasteiger partial charge < -0.3 is 35.5 Å². The minimum Gasteiger partial charge on any atom is -0.497 e. The highest BCUT2D eigenvalue weighted by molar-refractivity contribution is 5.94. The van der Waals surface area contributed by atoms with Crippen molar-refractivity contribution >= 4 is 29.4 Å². The molecule has 1 heterocycles. The second-order valence-corrected chi connectivity index (χ2v) is 8.71. The molecule has 0 saturated heterocycles. The lowest BCUT2D eigenvalue weighted by molar-refractivity contribution is 0.0519. The molecule has 38 heavy (non-hydrogen) atoms. The van der Waals surface area contributed by atoms with Crippen LogP contribution in [0.15, 0.2) is 54.6 Å². The largest absolute Gasteiger partial charge is 0.497 e. The second kappa shape index (κ2) is 14.7. The number of carbonyl (C=O) groups excluding carboxylic acids is 1. The van der Waals surface area contributed by atoms with Crippen LogP contribution in [0.1, 0.15) is 29.6 Å². The first-order chi connectivity index (χ1) is 18.7. The first-order valence-electron chi connectivity index (χ1n) is 12.9. The van der Waals surface area contributed by atoms with Crippen LogP contribution in [0.4, 0.5) is 23.5 Å². The number of rotatable bonds is 16. The highest BCUT2D eigenvalue weighted by atomic mass is 16.5. The van der Waals surface area contributed by atoms with E-state index >= 15 is 0 Å². The molecule has 3 aromatic rings. The SMILES string of the molecule is COc1cccc(Nc2nc(NCCOCCOCCNC(=O)c3ccccc3)nc(NC3CCC3)n2)c1. The molecular weight excluding hydrogens is 486 g/mol. The minimum absolute atomic E-state index is 0.109. The van der Waals surface area contributed by atoms with Crippen LogP contribution in [0, 0.1) is 0 Å². The van der Waals surface area contributed by atoms with E-state index in [9.17, 15) is 4.79 Å². The smallest absolute Gasteiger partial charge is 0.251 e. The molecule has 1 aromatic heterocycles. The van der Waals surface area contributed by atoms with Gasteiger partial charge in [-0.05, 0) is 43.5 Å². The van der Waals surface area contributed by atoms with Gasteiger partial charge >= 0.3 is 0 Å². The Bertz CT molecular complexity index is 1150. The fraction of sp³-hybridized carbons (Fsp3) is 0.407. The number of nitrogens with one attached hydrogen (secondary N) is 4. The van der Waals surface area contributed by atoms with E-state index in [2.05, 4.69) is 36.2 Å². The Labute approximate surface area is 222 Å². The van der Waals surface area contributed by atoms with E-state index in [4.69, 9.17) is 14.2 Å². The number of hydrogen-bond acceptors (Lipinski definition) is 10. The zero-order valence-corrected chi connectivity index (χ0v) is 21.6. The van der Waals surface area contributed by atoms with E-state index in [1.165, 1.54) is 6.42 Å². The van der Waals surface area contributed by atoms with Crippen molar-refractivity contribution in [2.75, 3.05) is 62.6 Å². The summed E-state index contributed by atoms with van der Waals surface area (Å²) in [7, 11) is 1.63. The summed E-state index contributed by atoms with van der Waals surface area (Å²) in [4.78, 5) is 25.5. The summed E-state index contributed by atoms with van der Waals surface area (Å²) >= 11 is 0. The summed E-state index contributed by atoms with van der Waals surface area (Å²) in [6.45, 7) is 2.74. The number of nitrogens with zero attached hydrogens (tertiary/aromatic N) is 3. The molecular formula is C27H35N7O4. The van der Waals surface area contributed by atoms with Crippen molar-refractivity contribution in [3.8, 4) is 5.75 Å². The summed E-state index contributed by atoms with van der Waals surface area (Å²) in [5.74, 6) is 2.06. The molecule has 0 aliphatic heterocycles. The Hall–Kier alpha value is -3.96. The monoisotopic (exact) mass is 521 g/mol. The van der Waals surface area contributed by atoms with Gasteiger partial charge in [-0.1, -0.05) is 24.3 Å². The summed E-state index contributed by atoms with van der Waals surface area (Å²) in [6.07, 6.45) is 3.44. The van der Waals surface area contributed by atoms with Gasteiger partial charge in [0, 0.05) is 36.4 Å². The zero-order chi connectivity index (χ0) is 26.4. The summed E-state index contributed by atoms with van der Waals surface area (Å²) in [5.41, 5.74) is 1.45. The van der Waals surface area contributed by atoms with Crippen LogP contribution in [-0.4, -0.2) is 73.5 Å². The van der Waals surface area contributed by atoms with Crippen molar-refractivity contribution in [2.24, 2.45) is 0 Å². The fourth-order valence-corrected chi connectivity index (χ4v) is 3.63. The molecule has 4 N–H and O–H groups in total. The maximum Gasteiger partial charge on any atom is 0.251 e. The number of amides is 1. The Kier molecular flexibility index (Phi) is 10.5. The van der Waals surface area contributed by atoms with Crippen LogP contribution in [0.2, 0.25) is 0 Å². The van der Waals surface area contributed by atoms with Gasteiger partial charge in [-0.3, -0.25) is 4.79 Å². The third-order valence-electron chi connectivity index (χ3n) is 5.87. The maximum atomic E-state index is 12.0. The third kappa shape index (κ3) is 8.86. The average Bonchev–Trinajstić information content (AvgIpc) is 2.92. The first kappa shape index (κ1) is 27.1. The van der Waals surface area contributed by atoms with Gasteiger partial charge in [0.05, 0.1) is 33.5 Å². The second-order valence-electron chi connectivity index (χ2n) is 8.71. The lowest BCUT2D eigenvalue weighted by Gasteiger charge is -2.26. The molecule has 1 saturated carbocycles. The van der Waals surface area contributed by atoms with Crippen molar-refractivity contribution in [3.05, 3.63) is 60.2 Å². The molecule has 4 rings (SSSR count). The van der Waals surface area contributed by atoms with Gasteiger partial charge in [0.15, 0.2) is 0 Å². The number of ether oxygens (including phenoxy) is 3. The number of anilines is 4. The molecule has 0 unspecified atom stereocenters. The lowest BCUT2D eigenvalue weighted by Crippen LogP contribution is -2.28. The van der Waals surface area contributed by atoms with Crippen molar-refractivity contribution in [1.82, 2.24) is 20.3 Å². The summed E-state index contributed by atoms with van der Waals surface area (Å²) in [6, 6.07) is 17.1. The fourth-order valence-electron chi connectivity index (χ4n) is 3.63. The van der Waals surface area contributed by atoms with E-state index in [0.29, 0.717) is 69.0 Å². The average molecular weight is 522 g/mol. The number of benzene rings is 2. The summed E-state index contributed by atoms with van der Waals surface area (Å²) in [5, 5.41) is 12.6. The zero-order valence-electron chi connectivity index (χ0n) is 21.6. The molecule has 2 aromatic carbocycles. The van der Waals surface area contributed by atoms with Crippen LogP contribution < -0.4 is 26.0 Å². The van der Waals surface area contributed by atoms with Gasteiger partial charge in [-0.2, -0.15) is 15.0 Å². The maximum absolute atomic E-state index is 12.0. The van der Waals surface area contributed by atoms with E-state index in [-0.39, 0.29) is 5.91 Å². The Morgan fingerprint density at radius 2 is 1.61 bits per heavy atom. The van der Waals surface area contributed by atoms with Gasteiger partial charge in [0.2, 0.25) is 17.8 Å². The molecule has 1 amide bonds. The van der Waals surface area contributed by atoms with Crippen LogP contribution in [0.3, 0.4) is 0 Å². The molecule has 11 heteroatoms. The molecule has 1 aliphatic carbocycles. The third-order valence-corrected chi connectivity index (χ3v) is 5.87. The van der Waals surface area contributed by atoms with Crippen molar-refractivity contribution < 1.29 is 19.0 Å². The molecule has 0 radical (unpaired) electrons. The quantitative estimate of drug-likeness (QED) is 0.208. The normalized spacial score (nSPS) is 12.9. The van der Waals surface area contributed by atoms with Gasteiger partial charge in [0.1, 0.15) is 5.75 Å². The standard InChI is InChI=1S/C27H35N7O4/c1-36-23-12-6-11-22(19-23)31-27-33-25(32-26(34-27)30-21-9-5-10-21)29-14-16-38-18-17-37-15-13-28-24(35)20-7-3-2-4-8-20/h2-4,6-8,11-12,19,21H,5,9-10,13-18H2,1H3,(H,28,35)(H3,29,30,31,32,33,34). The highest BCUT2D eigenvalue weighted by Crippen LogP contribution is 2.24. The number of carbonyl (C=O) groups is 1. The molecule has 202 valence electrons. The van der Waals surface area contributed by atoms with E-state index < -0.39 is 0 Å². The minimum atomic E-state index is -0.109. The van der Waals surface area contributed by atoms with Crippen molar-refractivity contribution in [3.63, 3.8) is 0 Å². The molecule has 1 fully saturated rings. The van der Waals surface area contributed by atoms with Crippen molar-refractivity contribution in [2.45, 2.75) is 25.3 Å². The predicted octanol–water partition coefficient (Wildman–Crippen LogP) is 3.46. The van der Waals surface area contributed by atoms with Crippen molar-refractivity contribution in [1.29, 1.82) is 0 Å². The number of hydrogen-bond donors (Lipinski definition) is 4. The predicted molar refractivity (Wildman–Crippen MR) is 146 cm³/mol. The molecule has 11 nitrogen and oxygen atoms in total. The number of methoxy groups -OCH3 is 1. The topological polar surface area (TPSA) is 132 Å². The summed E-state index contributed by atoms with van der Waals surface area (Å²) < 4.78 is 16.5. The Balaban J connectivity index is 1.15. The van der Waals surface area contributed by atoms with Crippen LogP contribution >= 0.6 is 0 Å².